The molecule has 6 heteroatoms. The highest BCUT2D eigenvalue weighted by Crippen LogP contribution is 2.16. The Labute approximate surface area is 146 Å². The topological polar surface area (TPSA) is 79.5 Å². The van der Waals surface area contributed by atoms with Crippen LogP contribution in [0, 0.1) is 0 Å². The molecule has 0 radical (unpaired) electrons. The van der Waals surface area contributed by atoms with E-state index in [1.807, 2.05) is 24.3 Å². The molecule has 0 fully saturated rings. The van der Waals surface area contributed by atoms with Crippen molar-refractivity contribution in [3.05, 3.63) is 65.2 Å². The number of ether oxygens (including phenoxy) is 1. The van der Waals surface area contributed by atoms with Gasteiger partial charge in [0, 0.05) is 19.6 Å². The standard InChI is InChI=1S/C19H21N3O3/c23-18(12-22-19(24)13-25-17-4-2-1-3-5-17)21-9-14-6-7-15-10-20-11-16(15)8-14/h1-8,20H,9-13H2,(H,21,23)(H,22,24). The van der Waals surface area contributed by atoms with E-state index >= 15 is 0 Å². The predicted molar refractivity (Wildman–Crippen MR) is 93.8 cm³/mol. The van der Waals surface area contributed by atoms with E-state index in [2.05, 4.69) is 28.1 Å². The van der Waals surface area contributed by atoms with Crippen LogP contribution in [0.5, 0.6) is 5.75 Å². The van der Waals surface area contributed by atoms with E-state index in [0.717, 1.165) is 18.7 Å². The SMILES string of the molecule is O=C(CNC(=O)COc1ccccc1)NCc1ccc2c(c1)CNC2. The number of rotatable bonds is 7. The molecule has 0 bridgehead atoms. The molecule has 3 rings (SSSR count). The molecular formula is C19H21N3O3. The molecule has 0 aliphatic carbocycles. The number of carbonyl (C=O) groups excluding carboxylic acids is 2. The summed E-state index contributed by atoms with van der Waals surface area (Å²) in [4.78, 5) is 23.5. The van der Waals surface area contributed by atoms with Gasteiger partial charge in [0.2, 0.25) is 5.91 Å². The van der Waals surface area contributed by atoms with Gasteiger partial charge in [-0.1, -0.05) is 36.4 Å². The lowest BCUT2D eigenvalue weighted by Crippen LogP contribution is -2.38. The van der Waals surface area contributed by atoms with Crippen LogP contribution in [0.1, 0.15) is 16.7 Å². The molecule has 2 aromatic rings. The summed E-state index contributed by atoms with van der Waals surface area (Å²) >= 11 is 0. The lowest BCUT2D eigenvalue weighted by molar-refractivity contribution is -0.127. The number of hydrogen-bond acceptors (Lipinski definition) is 4. The van der Waals surface area contributed by atoms with E-state index in [0.29, 0.717) is 12.3 Å². The van der Waals surface area contributed by atoms with Crippen LogP contribution < -0.4 is 20.7 Å². The number of nitrogens with one attached hydrogen (secondary N) is 3. The fourth-order valence-electron chi connectivity index (χ4n) is 2.62. The van der Waals surface area contributed by atoms with Gasteiger partial charge in [-0.25, -0.2) is 0 Å². The van der Waals surface area contributed by atoms with E-state index < -0.39 is 0 Å². The van der Waals surface area contributed by atoms with E-state index in [4.69, 9.17) is 4.74 Å². The first kappa shape index (κ1) is 17.0. The van der Waals surface area contributed by atoms with E-state index in [-0.39, 0.29) is 25.0 Å². The van der Waals surface area contributed by atoms with Crippen molar-refractivity contribution in [3.8, 4) is 5.75 Å². The minimum absolute atomic E-state index is 0.0660. The van der Waals surface area contributed by atoms with Gasteiger partial charge < -0.3 is 20.7 Å². The maximum absolute atomic E-state index is 11.8. The molecule has 2 amide bonds. The average Bonchev–Trinajstić information content (AvgIpc) is 3.11. The van der Waals surface area contributed by atoms with Crippen LogP contribution in [0.3, 0.4) is 0 Å². The lowest BCUT2D eigenvalue weighted by atomic mass is 10.1. The lowest BCUT2D eigenvalue weighted by Gasteiger charge is -2.09. The molecule has 0 unspecified atom stereocenters. The van der Waals surface area contributed by atoms with Gasteiger partial charge in [0.1, 0.15) is 5.75 Å². The number of fused-ring (bicyclic) bond motifs is 1. The highest BCUT2D eigenvalue weighted by Gasteiger charge is 2.11. The smallest absolute Gasteiger partial charge is 0.258 e. The Bertz CT molecular complexity index is 747. The fraction of sp³-hybridized carbons (Fsp3) is 0.263. The minimum Gasteiger partial charge on any atom is -0.484 e. The third-order valence-electron chi connectivity index (χ3n) is 3.95. The highest BCUT2D eigenvalue weighted by molar-refractivity contribution is 5.85. The highest BCUT2D eigenvalue weighted by atomic mass is 16.5. The zero-order chi connectivity index (χ0) is 17.5. The maximum atomic E-state index is 11.8. The Kier molecular flexibility index (Phi) is 5.64. The third-order valence-corrected chi connectivity index (χ3v) is 3.95. The quantitative estimate of drug-likeness (QED) is 0.706. The van der Waals surface area contributed by atoms with Crippen LogP contribution >= 0.6 is 0 Å². The van der Waals surface area contributed by atoms with Crippen LogP contribution in [0.15, 0.2) is 48.5 Å². The molecule has 1 aliphatic rings. The van der Waals surface area contributed by atoms with Crippen molar-refractivity contribution in [3.63, 3.8) is 0 Å². The summed E-state index contributed by atoms with van der Waals surface area (Å²) in [6.45, 7) is 2.04. The number of benzene rings is 2. The predicted octanol–water partition coefficient (Wildman–Crippen LogP) is 1.10. The monoisotopic (exact) mass is 339 g/mol. The molecule has 0 atom stereocenters. The van der Waals surface area contributed by atoms with Crippen LogP contribution in [0.2, 0.25) is 0 Å². The second-order valence-corrected chi connectivity index (χ2v) is 5.86. The Morgan fingerprint density at radius 2 is 1.76 bits per heavy atom. The minimum atomic E-state index is -0.331. The molecule has 130 valence electrons. The first-order valence-corrected chi connectivity index (χ1v) is 8.23. The largest absolute Gasteiger partial charge is 0.484 e. The van der Waals surface area contributed by atoms with Gasteiger partial charge in [-0.2, -0.15) is 0 Å². The summed E-state index contributed by atoms with van der Waals surface area (Å²) in [5, 5.41) is 8.64. The van der Waals surface area contributed by atoms with Gasteiger partial charge in [-0.3, -0.25) is 9.59 Å². The maximum Gasteiger partial charge on any atom is 0.258 e. The fourth-order valence-corrected chi connectivity index (χ4v) is 2.62. The number of amides is 2. The van der Waals surface area contributed by atoms with Gasteiger partial charge in [-0.15, -0.1) is 0 Å². The summed E-state index contributed by atoms with van der Waals surface area (Å²) < 4.78 is 5.32. The number of carbonyl (C=O) groups is 2. The molecular weight excluding hydrogens is 318 g/mol. The Hall–Kier alpha value is -2.86. The van der Waals surface area contributed by atoms with Gasteiger partial charge in [-0.05, 0) is 28.8 Å². The second kappa shape index (κ2) is 8.30. The Morgan fingerprint density at radius 3 is 2.60 bits per heavy atom. The molecule has 3 N–H and O–H groups in total. The van der Waals surface area contributed by atoms with Crippen molar-refractivity contribution >= 4 is 11.8 Å². The number of hydrogen-bond donors (Lipinski definition) is 3. The van der Waals surface area contributed by atoms with Crippen molar-refractivity contribution < 1.29 is 14.3 Å². The number of para-hydroxylation sites is 1. The molecule has 0 saturated heterocycles. The zero-order valence-electron chi connectivity index (χ0n) is 13.9. The first-order chi connectivity index (χ1) is 12.2. The van der Waals surface area contributed by atoms with Crippen LogP contribution in [0.4, 0.5) is 0 Å². The van der Waals surface area contributed by atoms with Crippen LogP contribution in [-0.2, 0) is 29.2 Å². The summed E-state index contributed by atoms with van der Waals surface area (Å²) in [7, 11) is 0. The molecule has 6 nitrogen and oxygen atoms in total. The normalized spacial score (nSPS) is 12.3. The summed E-state index contributed by atoms with van der Waals surface area (Å²) in [5.41, 5.74) is 3.63. The van der Waals surface area contributed by atoms with Gasteiger partial charge in [0.05, 0.1) is 6.54 Å². The van der Waals surface area contributed by atoms with Crippen LogP contribution in [-0.4, -0.2) is 25.0 Å². The van der Waals surface area contributed by atoms with E-state index in [1.54, 1.807) is 12.1 Å². The average molecular weight is 339 g/mol. The third kappa shape index (κ3) is 5.06. The Balaban J connectivity index is 1.35. The van der Waals surface area contributed by atoms with Gasteiger partial charge in [0.25, 0.3) is 5.91 Å². The summed E-state index contributed by atoms with van der Waals surface area (Å²) in [6, 6.07) is 15.3. The van der Waals surface area contributed by atoms with E-state index in [1.165, 1.54) is 11.1 Å². The van der Waals surface area contributed by atoms with Gasteiger partial charge in [0.15, 0.2) is 6.61 Å². The molecule has 0 saturated carbocycles. The molecule has 0 aromatic heterocycles. The van der Waals surface area contributed by atoms with Gasteiger partial charge >= 0.3 is 0 Å². The Morgan fingerprint density at radius 1 is 0.960 bits per heavy atom. The van der Waals surface area contributed by atoms with Crippen LogP contribution in [0.25, 0.3) is 0 Å². The van der Waals surface area contributed by atoms with Crippen molar-refractivity contribution in [1.82, 2.24) is 16.0 Å². The molecule has 1 heterocycles. The van der Waals surface area contributed by atoms with Crippen molar-refractivity contribution in [2.75, 3.05) is 13.2 Å². The molecule has 0 spiro atoms. The summed E-state index contributed by atoms with van der Waals surface area (Å²) in [5.74, 6) is 0.0579. The van der Waals surface area contributed by atoms with E-state index in [9.17, 15) is 9.59 Å². The zero-order valence-corrected chi connectivity index (χ0v) is 13.9. The summed E-state index contributed by atoms with van der Waals surface area (Å²) in [6.07, 6.45) is 0. The van der Waals surface area contributed by atoms with Crippen molar-refractivity contribution in [2.24, 2.45) is 0 Å². The molecule has 1 aliphatic heterocycles. The molecule has 25 heavy (non-hydrogen) atoms. The molecule has 2 aromatic carbocycles. The van der Waals surface area contributed by atoms with Crippen molar-refractivity contribution in [1.29, 1.82) is 0 Å². The second-order valence-electron chi connectivity index (χ2n) is 5.86. The first-order valence-electron chi connectivity index (χ1n) is 8.23. The van der Waals surface area contributed by atoms with Crippen molar-refractivity contribution in [2.45, 2.75) is 19.6 Å².